The minimum absolute atomic E-state index is 0.0669. The summed E-state index contributed by atoms with van der Waals surface area (Å²) in [4.78, 5) is 28.2. The van der Waals surface area contributed by atoms with Crippen LogP contribution in [-0.4, -0.2) is 61.9 Å². The van der Waals surface area contributed by atoms with E-state index >= 15 is 0 Å². The average Bonchev–Trinajstić information content (AvgIpc) is 2.92. The Labute approximate surface area is 226 Å². The van der Waals surface area contributed by atoms with Crippen LogP contribution in [0.5, 0.6) is 5.75 Å². The molecule has 0 spiro atoms. The lowest BCUT2D eigenvalue weighted by Crippen LogP contribution is -2.51. The molecule has 206 valence electrons. The van der Waals surface area contributed by atoms with Crippen molar-refractivity contribution in [3.05, 3.63) is 77.4 Å². The van der Waals surface area contributed by atoms with Gasteiger partial charge in [0.1, 0.15) is 11.8 Å². The van der Waals surface area contributed by atoms with Gasteiger partial charge in [-0.1, -0.05) is 54.1 Å². The molecule has 0 unspecified atom stereocenters. The standard InChI is InChI=1S/C29H39N3O5S/c1-23(29(34)30-19-18-24-10-6-4-7-11-24)32(21-26-14-16-27(37-2)17-15-26)28(33)22-31(38(3,35)36)20-25-12-8-5-9-13-25/h5,8-10,12-17,23H,4,6-7,11,18-22H2,1-3H3,(H,30,34)/t23-/m1/s1. The quantitative estimate of drug-likeness (QED) is 0.388. The van der Waals surface area contributed by atoms with Crippen LogP contribution in [0.15, 0.2) is 66.2 Å². The summed E-state index contributed by atoms with van der Waals surface area (Å²) in [5.74, 6) is -0.0300. The fraction of sp³-hybridized carbons (Fsp3) is 0.448. The van der Waals surface area contributed by atoms with Gasteiger partial charge in [-0.25, -0.2) is 8.42 Å². The number of methoxy groups -OCH3 is 1. The Morgan fingerprint density at radius 1 is 1.00 bits per heavy atom. The van der Waals surface area contributed by atoms with Crippen LogP contribution >= 0.6 is 0 Å². The number of ether oxygens (including phenoxy) is 1. The number of hydrogen-bond acceptors (Lipinski definition) is 5. The first kappa shape index (κ1) is 29.4. The lowest BCUT2D eigenvalue weighted by atomic mass is 9.97. The van der Waals surface area contributed by atoms with E-state index in [-0.39, 0.29) is 25.5 Å². The van der Waals surface area contributed by atoms with E-state index in [0.717, 1.165) is 41.0 Å². The Kier molecular flexibility index (Phi) is 10.9. The molecule has 1 atom stereocenters. The van der Waals surface area contributed by atoms with E-state index in [4.69, 9.17) is 4.74 Å². The maximum atomic E-state index is 13.6. The maximum absolute atomic E-state index is 13.6. The first-order valence-corrected chi connectivity index (χ1v) is 14.9. The third-order valence-electron chi connectivity index (χ3n) is 6.79. The van der Waals surface area contributed by atoms with Crippen molar-refractivity contribution in [1.82, 2.24) is 14.5 Å². The van der Waals surface area contributed by atoms with Crippen LogP contribution in [-0.2, 0) is 32.7 Å². The van der Waals surface area contributed by atoms with Gasteiger partial charge in [-0.2, -0.15) is 4.31 Å². The first-order valence-electron chi connectivity index (χ1n) is 13.0. The minimum Gasteiger partial charge on any atom is -0.497 e. The van der Waals surface area contributed by atoms with Gasteiger partial charge in [0.15, 0.2) is 0 Å². The summed E-state index contributed by atoms with van der Waals surface area (Å²) in [6.07, 6.45) is 8.69. The molecule has 2 aromatic carbocycles. The molecule has 0 saturated heterocycles. The normalized spacial score (nSPS) is 14.5. The molecule has 38 heavy (non-hydrogen) atoms. The molecule has 2 amide bonds. The van der Waals surface area contributed by atoms with Gasteiger partial charge in [0.05, 0.1) is 19.9 Å². The molecule has 3 rings (SSSR count). The van der Waals surface area contributed by atoms with Crippen LogP contribution < -0.4 is 10.1 Å². The Bertz CT molecular complexity index is 1200. The summed E-state index contributed by atoms with van der Waals surface area (Å²) in [7, 11) is -2.11. The molecule has 0 aliphatic heterocycles. The number of allylic oxidation sites excluding steroid dienone is 1. The highest BCUT2D eigenvalue weighted by molar-refractivity contribution is 7.88. The third kappa shape index (κ3) is 8.99. The van der Waals surface area contributed by atoms with Crippen molar-refractivity contribution in [2.45, 2.75) is 58.2 Å². The number of carbonyl (C=O) groups excluding carboxylic acids is 2. The number of amides is 2. The second kappa shape index (κ2) is 14.1. The zero-order valence-electron chi connectivity index (χ0n) is 22.6. The highest BCUT2D eigenvalue weighted by Gasteiger charge is 2.30. The van der Waals surface area contributed by atoms with Gasteiger partial charge in [-0.3, -0.25) is 9.59 Å². The minimum atomic E-state index is -3.68. The summed E-state index contributed by atoms with van der Waals surface area (Å²) in [6, 6.07) is 15.6. The van der Waals surface area contributed by atoms with Gasteiger partial charge in [0, 0.05) is 19.6 Å². The summed E-state index contributed by atoms with van der Waals surface area (Å²) < 4.78 is 31.5. The monoisotopic (exact) mass is 541 g/mol. The summed E-state index contributed by atoms with van der Waals surface area (Å²) in [5, 5.41) is 2.97. The lowest BCUT2D eigenvalue weighted by molar-refractivity contribution is -0.140. The fourth-order valence-corrected chi connectivity index (χ4v) is 5.18. The van der Waals surface area contributed by atoms with E-state index in [1.165, 1.54) is 23.3 Å². The Hall–Kier alpha value is -3.17. The number of benzene rings is 2. The molecule has 0 heterocycles. The van der Waals surface area contributed by atoms with Crippen molar-refractivity contribution in [3.63, 3.8) is 0 Å². The van der Waals surface area contributed by atoms with Crippen LogP contribution in [0.3, 0.4) is 0 Å². The molecule has 0 radical (unpaired) electrons. The van der Waals surface area contributed by atoms with E-state index in [2.05, 4.69) is 11.4 Å². The topological polar surface area (TPSA) is 96.0 Å². The van der Waals surface area contributed by atoms with E-state index in [1.54, 1.807) is 26.2 Å². The van der Waals surface area contributed by atoms with Crippen molar-refractivity contribution in [3.8, 4) is 5.75 Å². The second-order valence-electron chi connectivity index (χ2n) is 9.71. The third-order valence-corrected chi connectivity index (χ3v) is 7.99. The average molecular weight is 542 g/mol. The van der Waals surface area contributed by atoms with Crippen molar-refractivity contribution < 1.29 is 22.7 Å². The first-order chi connectivity index (χ1) is 18.2. The zero-order chi connectivity index (χ0) is 27.5. The number of carbonyl (C=O) groups is 2. The molecule has 0 aromatic heterocycles. The number of sulfonamides is 1. The smallest absolute Gasteiger partial charge is 0.242 e. The molecule has 1 N–H and O–H groups in total. The van der Waals surface area contributed by atoms with Crippen molar-refractivity contribution >= 4 is 21.8 Å². The molecule has 9 heteroatoms. The molecule has 0 saturated carbocycles. The summed E-state index contributed by atoms with van der Waals surface area (Å²) in [5.41, 5.74) is 2.94. The van der Waals surface area contributed by atoms with Gasteiger partial charge in [-0.05, 0) is 62.3 Å². The summed E-state index contributed by atoms with van der Waals surface area (Å²) in [6.45, 7) is 2.04. The largest absolute Gasteiger partial charge is 0.497 e. The predicted octanol–water partition coefficient (Wildman–Crippen LogP) is 3.88. The van der Waals surface area contributed by atoms with Gasteiger partial charge in [-0.15, -0.1) is 0 Å². The molecule has 0 fully saturated rings. The van der Waals surface area contributed by atoms with E-state index in [0.29, 0.717) is 12.3 Å². The number of hydrogen-bond donors (Lipinski definition) is 1. The zero-order valence-corrected chi connectivity index (χ0v) is 23.4. The molecular formula is C29H39N3O5S. The molecule has 1 aliphatic carbocycles. The maximum Gasteiger partial charge on any atom is 0.242 e. The van der Waals surface area contributed by atoms with E-state index in [9.17, 15) is 18.0 Å². The molecule has 1 aliphatic rings. The van der Waals surface area contributed by atoms with Gasteiger partial charge in [0.2, 0.25) is 21.8 Å². The van der Waals surface area contributed by atoms with Crippen LogP contribution in [0, 0.1) is 0 Å². The Morgan fingerprint density at radius 3 is 2.29 bits per heavy atom. The van der Waals surface area contributed by atoms with E-state index < -0.39 is 22.0 Å². The molecule has 8 nitrogen and oxygen atoms in total. The van der Waals surface area contributed by atoms with E-state index in [1.807, 2.05) is 42.5 Å². The van der Waals surface area contributed by atoms with Crippen molar-refractivity contribution in [1.29, 1.82) is 0 Å². The summed E-state index contributed by atoms with van der Waals surface area (Å²) >= 11 is 0. The number of nitrogens with zero attached hydrogens (tertiary/aromatic N) is 2. The SMILES string of the molecule is COc1ccc(CN(C(=O)CN(Cc2ccccc2)S(C)(=O)=O)[C@H](C)C(=O)NCCC2=CCCCC2)cc1. The van der Waals surface area contributed by atoms with Crippen LogP contribution in [0.1, 0.15) is 50.2 Å². The highest BCUT2D eigenvalue weighted by atomic mass is 32.2. The lowest BCUT2D eigenvalue weighted by Gasteiger charge is -2.31. The fourth-order valence-electron chi connectivity index (χ4n) is 4.46. The van der Waals surface area contributed by atoms with Crippen LogP contribution in [0.4, 0.5) is 0 Å². The Balaban J connectivity index is 1.75. The predicted molar refractivity (Wildman–Crippen MR) is 149 cm³/mol. The van der Waals surface area contributed by atoms with Crippen molar-refractivity contribution in [2.24, 2.45) is 0 Å². The number of nitrogens with one attached hydrogen (secondary N) is 1. The highest BCUT2D eigenvalue weighted by Crippen LogP contribution is 2.20. The van der Waals surface area contributed by atoms with Crippen molar-refractivity contribution in [2.75, 3.05) is 26.5 Å². The second-order valence-corrected chi connectivity index (χ2v) is 11.7. The Morgan fingerprint density at radius 2 is 1.68 bits per heavy atom. The number of rotatable bonds is 13. The van der Waals surface area contributed by atoms with Gasteiger partial charge < -0.3 is 15.0 Å². The van der Waals surface area contributed by atoms with Crippen LogP contribution in [0.25, 0.3) is 0 Å². The van der Waals surface area contributed by atoms with Gasteiger partial charge in [0.25, 0.3) is 0 Å². The molecule has 2 aromatic rings. The van der Waals surface area contributed by atoms with Crippen LogP contribution in [0.2, 0.25) is 0 Å². The molecular weight excluding hydrogens is 502 g/mol. The molecule has 0 bridgehead atoms. The van der Waals surface area contributed by atoms with Gasteiger partial charge >= 0.3 is 0 Å².